The molecule has 3 aliphatic rings. The first kappa shape index (κ1) is 30.1. The van der Waals surface area contributed by atoms with E-state index < -0.39 is 87.7 Å². The van der Waals surface area contributed by atoms with Gasteiger partial charge in [0, 0.05) is 49.0 Å². The van der Waals surface area contributed by atoms with Gasteiger partial charge in [-0.05, 0) is 31.4 Å². The molecule has 2 aliphatic carbocycles. The highest BCUT2D eigenvalue weighted by atomic mass is 32.2. The van der Waals surface area contributed by atoms with Crippen LogP contribution in [0.3, 0.4) is 0 Å². The predicted molar refractivity (Wildman–Crippen MR) is 134 cm³/mol. The largest absolute Gasteiger partial charge is 0.463 e. The third kappa shape index (κ3) is 5.80. The molecule has 1 aromatic carbocycles. The van der Waals surface area contributed by atoms with Crippen molar-refractivity contribution in [3.63, 3.8) is 0 Å². The summed E-state index contributed by atoms with van der Waals surface area (Å²) in [5, 5.41) is 11.8. The summed E-state index contributed by atoms with van der Waals surface area (Å²) in [5.41, 5.74) is -1.23. The zero-order valence-corrected chi connectivity index (χ0v) is 22.7. The second kappa shape index (κ2) is 10.1. The average Bonchev–Trinajstić information content (AvgIpc) is 3.53. The lowest BCUT2D eigenvalue weighted by atomic mass is 9.74. The number of hydrogen-bond acceptors (Lipinski definition) is 7. The van der Waals surface area contributed by atoms with E-state index in [1.54, 1.807) is 4.90 Å². The minimum atomic E-state index is -6.11. The van der Waals surface area contributed by atoms with Gasteiger partial charge in [-0.15, -0.1) is 0 Å². The van der Waals surface area contributed by atoms with Crippen LogP contribution in [-0.4, -0.2) is 61.5 Å². The van der Waals surface area contributed by atoms with E-state index >= 15 is 0 Å². The van der Waals surface area contributed by atoms with Crippen LogP contribution in [0.15, 0.2) is 28.7 Å². The molecule has 2 heterocycles. The van der Waals surface area contributed by atoms with E-state index in [1.807, 2.05) is 6.07 Å². The van der Waals surface area contributed by atoms with Gasteiger partial charge in [-0.1, -0.05) is 12.1 Å². The van der Waals surface area contributed by atoms with E-state index in [9.17, 15) is 49.2 Å². The van der Waals surface area contributed by atoms with Gasteiger partial charge in [-0.3, -0.25) is 4.79 Å². The molecule has 1 saturated heterocycles. The first-order valence-corrected chi connectivity index (χ1v) is 14.9. The lowest BCUT2D eigenvalue weighted by Crippen LogP contribution is -2.45. The van der Waals surface area contributed by atoms with E-state index in [4.69, 9.17) is 4.42 Å². The van der Waals surface area contributed by atoms with Crippen molar-refractivity contribution in [3.8, 4) is 17.3 Å². The normalized spacial score (nSPS) is 25.0. The van der Waals surface area contributed by atoms with Gasteiger partial charge in [-0.25, -0.2) is 22.2 Å². The van der Waals surface area contributed by atoms with Crippen molar-refractivity contribution in [2.45, 2.75) is 61.6 Å². The molecule has 8 nitrogen and oxygen atoms in total. The van der Waals surface area contributed by atoms with Gasteiger partial charge in [0.1, 0.15) is 17.0 Å². The average molecular weight is 623 g/mol. The lowest BCUT2D eigenvalue weighted by Gasteiger charge is -2.34. The van der Waals surface area contributed by atoms with E-state index in [2.05, 4.69) is 10.3 Å². The molecule has 1 aromatic heterocycles. The zero-order chi connectivity index (χ0) is 30.7. The van der Waals surface area contributed by atoms with Crippen LogP contribution in [-0.2, 0) is 20.6 Å². The SMILES string of the molecule is N#CC1(NC(=O)C2CCC(F)(F)CC2c2oc(C(F)(F)C(F)(F)F)nc2-c2ccc(N3CCS(=O)(=O)CC3)cc2)CC1. The number of aromatic nitrogens is 1. The quantitative estimate of drug-likeness (QED) is 0.455. The molecule has 1 N–H and O–H groups in total. The maximum Gasteiger partial charge on any atom is 0.463 e. The van der Waals surface area contributed by atoms with Gasteiger partial charge in [0.15, 0.2) is 9.84 Å². The summed E-state index contributed by atoms with van der Waals surface area (Å²) in [5.74, 6) is -15.7. The first-order valence-electron chi connectivity index (χ1n) is 13.1. The second-order valence-electron chi connectivity index (χ2n) is 11.0. The van der Waals surface area contributed by atoms with Gasteiger partial charge in [0.2, 0.25) is 11.8 Å². The lowest BCUT2D eigenvalue weighted by molar-refractivity contribution is -0.297. The monoisotopic (exact) mass is 622 g/mol. The number of rotatable bonds is 6. The summed E-state index contributed by atoms with van der Waals surface area (Å²) in [7, 11) is -3.19. The van der Waals surface area contributed by atoms with E-state index in [-0.39, 0.29) is 30.2 Å². The summed E-state index contributed by atoms with van der Waals surface area (Å²) in [6.45, 7) is 0.355. The molecule has 1 aliphatic heterocycles. The molecule has 2 atom stereocenters. The first-order chi connectivity index (χ1) is 19.5. The molecule has 228 valence electrons. The van der Waals surface area contributed by atoms with E-state index in [1.165, 1.54) is 24.3 Å². The van der Waals surface area contributed by atoms with Gasteiger partial charge in [0.05, 0.1) is 17.6 Å². The molecular formula is C26H25F7N4O4S. The maximum absolute atomic E-state index is 14.6. The number of nitrogens with zero attached hydrogens (tertiary/aromatic N) is 3. The standard InChI is InChI=1S/C26H25F7N4O4S/c27-24(28)6-5-17(21(38)36-23(14-34)7-8-23)18(13-24)20-19(35-22(41-20)25(29,30)26(31,32)33)15-1-3-16(4-2-15)37-9-11-42(39,40)12-10-37/h1-4,17-18H,5-13H2,(H,36,38). The molecular weight excluding hydrogens is 597 g/mol. The molecule has 0 spiro atoms. The Morgan fingerprint density at radius 1 is 1.07 bits per heavy atom. The molecule has 2 saturated carbocycles. The number of amides is 1. The van der Waals surface area contributed by atoms with Crippen LogP contribution in [0.1, 0.15) is 49.7 Å². The number of halogens is 7. The molecule has 1 amide bonds. The van der Waals surface area contributed by atoms with E-state index in [0.717, 1.165) is 0 Å². The van der Waals surface area contributed by atoms with Gasteiger partial charge < -0.3 is 14.6 Å². The van der Waals surface area contributed by atoms with Gasteiger partial charge in [-0.2, -0.15) is 27.2 Å². The number of benzene rings is 1. The van der Waals surface area contributed by atoms with Crippen molar-refractivity contribution in [1.82, 2.24) is 10.3 Å². The highest BCUT2D eigenvalue weighted by Gasteiger charge is 2.63. The Balaban J connectivity index is 1.55. The minimum absolute atomic E-state index is 0.0323. The molecule has 5 rings (SSSR count). The Morgan fingerprint density at radius 2 is 1.69 bits per heavy atom. The number of nitrogens with one attached hydrogen (secondary N) is 1. The smallest absolute Gasteiger partial charge is 0.439 e. The Morgan fingerprint density at radius 3 is 2.24 bits per heavy atom. The molecule has 2 unspecified atom stereocenters. The fourth-order valence-electron chi connectivity index (χ4n) is 5.29. The number of sulfone groups is 1. The number of nitriles is 1. The Hall–Kier alpha value is -3.35. The van der Waals surface area contributed by atoms with Gasteiger partial charge in [0.25, 0.3) is 5.89 Å². The second-order valence-corrected chi connectivity index (χ2v) is 13.3. The van der Waals surface area contributed by atoms with Crippen LogP contribution in [0.25, 0.3) is 11.3 Å². The molecule has 3 fully saturated rings. The van der Waals surface area contributed by atoms with Gasteiger partial charge >= 0.3 is 12.1 Å². The summed E-state index contributed by atoms with van der Waals surface area (Å²) in [6, 6.07) is 7.51. The van der Waals surface area contributed by atoms with Crippen LogP contribution in [0, 0.1) is 17.2 Å². The maximum atomic E-state index is 14.6. The van der Waals surface area contributed by atoms with Crippen molar-refractivity contribution < 1.29 is 48.4 Å². The fraction of sp³-hybridized carbons (Fsp3) is 0.577. The number of hydrogen-bond donors (Lipinski definition) is 1. The van der Waals surface area contributed by atoms with Crippen molar-refractivity contribution in [2.75, 3.05) is 29.5 Å². The van der Waals surface area contributed by atoms with Crippen molar-refractivity contribution in [2.24, 2.45) is 5.92 Å². The van der Waals surface area contributed by atoms with Crippen LogP contribution in [0.5, 0.6) is 0 Å². The molecule has 42 heavy (non-hydrogen) atoms. The van der Waals surface area contributed by atoms with Crippen molar-refractivity contribution in [1.29, 1.82) is 5.26 Å². The topological polar surface area (TPSA) is 116 Å². The van der Waals surface area contributed by atoms with Crippen molar-refractivity contribution >= 4 is 21.4 Å². The Bertz CT molecular complexity index is 1500. The number of carbonyl (C=O) groups is 1. The van der Waals surface area contributed by atoms with Crippen LogP contribution < -0.4 is 10.2 Å². The Labute approximate surface area is 235 Å². The van der Waals surface area contributed by atoms with Crippen LogP contribution in [0.4, 0.5) is 36.4 Å². The third-order valence-corrected chi connectivity index (χ3v) is 9.56. The molecule has 16 heteroatoms. The summed E-state index contributed by atoms with van der Waals surface area (Å²) >= 11 is 0. The number of anilines is 1. The van der Waals surface area contributed by atoms with Crippen molar-refractivity contribution in [3.05, 3.63) is 35.9 Å². The highest BCUT2D eigenvalue weighted by Crippen LogP contribution is 2.51. The van der Waals surface area contributed by atoms with Crippen LogP contribution in [0.2, 0.25) is 0 Å². The third-order valence-electron chi connectivity index (χ3n) is 7.95. The minimum Gasteiger partial charge on any atom is -0.439 e. The summed E-state index contributed by atoms with van der Waals surface area (Å²) in [6.07, 6.45) is -7.71. The van der Waals surface area contributed by atoms with E-state index in [0.29, 0.717) is 18.5 Å². The fourth-order valence-corrected chi connectivity index (χ4v) is 6.49. The Kier molecular flexibility index (Phi) is 7.27. The number of alkyl halides is 7. The molecule has 2 aromatic rings. The number of carbonyl (C=O) groups excluding carboxylic acids is 1. The predicted octanol–water partition coefficient (Wildman–Crippen LogP) is 4.92. The summed E-state index contributed by atoms with van der Waals surface area (Å²) in [4.78, 5) is 18.3. The number of oxazole rings is 1. The van der Waals surface area contributed by atoms with Crippen LogP contribution >= 0.6 is 0 Å². The zero-order valence-electron chi connectivity index (χ0n) is 21.9. The summed E-state index contributed by atoms with van der Waals surface area (Å²) < 4.78 is 126. The molecule has 0 radical (unpaired) electrons. The molecule has 0 bridgehead atoms. The highest BCUT2D eigenvalue weighted by molar-refractivity contribution is 7.91.